The van der Waals surface area contributed by atoms with Crippen molar-refractivity contribution >= 4 is 24.2 Å². The number of para-hydroxylation sites is 1. The van der Waals surface area contributed by atoms with Crippen LogP contribution in [0.25, 0.3) is 0 Å². The zero-order valence-corrected chi connectivity index (χ0v) is 8.69. The molecule has 0 heterocycles. The summed E-state index contributed by atoms with van der Waals surface area (Å²) in [5.74, 6) is 0.147. The number of nitrogens with one attached hydrogen (secondary N) is 1. The fraction of sp³-hybridized carbons (Fsp3) is 0.300. The summed E-state index contributed by atoms with van der Waals surface area (Å²) in [7, 11) is 0. The van der Waals surface area contributed by atoms with Crippen molar-refractivity contribution in [2.45, 2.75) is 13.8 Å². The van der Waals surface area contributed by atoms with Gasteiger partial charge in [0.05, 0.1) is 5.75 Å². The van der Waals surface area contributed by atoms with E-state index in [1.54, 1.807) is 0 Å². The van der Waals surface area contributed by atoms with Gasteiger partial charge in [0.25, 0.3) is 0 Å². The Morgan fingerprint density at radius 3 is 2.38 bits per heavy atom. The maximum Gasteiger partial charge on any atom is 0.234 e. The number of aryl methyl sites for hydroxylation is 2. The molecule has 0 atom stereocenters. The molecule has 0 saturated carbocycles. The zero-order valence-electron chi connectivity index (χ0n) is 7.79. The Hall–Kier alpha value is -0.960. The van der Waals surface area contributed by atoms with Crippen LogP contribution in [0.4, 0.5) is 5.69 Å². The smallest absolute Gasteiger partial charge is 0.234 e. The average Bonchev–Trinajstić information content (AvgIpc) is 2.11. The molecule has 0 saturated heterocycles. The molecule has 0 radical (unpaired) electrons. The Morgan fingerprint density at radius 1 is 1.38 bits per heavy atom. The van der Waals surface area contributed by atoms with E-state index in [0.717, 1.165) is 16.8 Å². The van der Waals surface area contributed by atoms with Crippen LogP contribution in [-0.4, -0.2) is 11.7 Å². The number of carbonyl (C=O) groups excluding carboxylic acids is 1. The number of benzene rings is 1. The second kappa shape index (κ2) is 4.33. The van der Waals surface area contributed by atoms with Gasteiger partial charge in [-0.15, -0.1) is 0 Å². The van der Waals surface area contributed by atoms with Gasteiger partial charge in [0.2, 0.25) is 5.91 Å². The largest absolute Gasteiger partial charge is 0.325 e. The second-order valence-corrected chi connectivity index (χ2v) is 3.29. The van der Waals surface area contributed by atoms with Gasteiger partial charge in [-0.3, -0.25) is 4.79 Å². The first-order chi connectivity index (χ1) is 6.15. The molecular weight excluding hydrogens is 182 g/mol. The molecule has 2 nitrogen and oxygen atoms in total. The van der Waals surface area contributed by atoms with Gasteiger partial charge in [-0.1, -0.05) is 18.2 Å². The normalized spacial score (nSPS) is 9.77. The third kappa shape index (κ3) is 2.49. The first-order valence-electron chi connectivity index (χ1n) is 4.12. The Kier molecular flexibility index (Phi) is 3.37. The van der Waals surface area contributed by atoms with Gasteiger partial charge in [-0.2, -0.15) is 12.6 Å². The summed E-state index contributed by atoms with van der Waals surface area (Å²) in [6, 6.07) is 5.92. The minimum Gasteiger partial charge on any atom is -0.325 e. The van der Waals surface area contributed by atoms with E-state index in [1.165, 1.54) is 0 Å². The fourth-order valence-corrected chi connectivity index (χ4v) is 1.27. The molecule has 0 aromatic heterocycles. The standard InChI is InChI=1S/C10H13NOS/c1-7-4-3-5-8(2)10(7)11-9(12)6-13/h3-5,13H,6H2,1-2H3,(H,11,12). The molecule has 0 fully saturated rings. The van der Waals surface area contributed by atoms with E-state index in [0.29, 0.717) is 0 Å². The summed E-state index contributed by atoms with van der Waals surface area (Å²) in [4.78, 5) is 11.1. The van der Waals surface area contributed by atoms with Crippen molar-refractivity contribution in [1.82, 2.24) is 0 Å². The first-order valence-corrected chi connectivity index (χ1v) is 4.75. The predicted molar refractivity (Wildman–Crippen MR) is 58.4 cm³/mol. The summed E-state index contributed by atoms with van der Waals surface area (Å²) >= 11 is 3.90. The molecule has 0 aliphatic carbocycles. The van der Waals surface area contributed by atoms with Crippen molar-refractivity contribution < 1.29 is 4.79 Å². The van der Waals surface area contributed by atoms with Crippen molar-refractivity contribution in [3.05, 3.63) is 29.3 Å². The number of amides is 1. The van der Waals surface area contributed by atoms with Gasteiger partial charge < -0.3 is 5.32 Å². The van der Waals surface area contributed by atoms with E-state index in [4.69, 9.17) is 0 Å². The van der Waals surface area contributed by atoms with Gasteiger partial charge >= 0.3 is 0 Å². The highest BCUT2D eigenvalue weighted by molar-refractivity contribution is 7.81. The van der Waals surface area contributed by atoms with Crippen LogP contribution in [0.3, 0.4) is 0 Å². The van der Waals surface area contributed by atoms with E-state index in [-0.39, 0.29) is 11.7 Å². The zero-order chi connectivity index (χ0) is 9.84. The van der Waals surface area contributed by atoms with E-state index in [1.807, 2.05) is 32.0 Å². The van der Waals surface area contributed by atoms with Crippen molar-refractivity contribution in [2.24, 2.45) is 0 Å². The molecule has 1 aromatic rings. The Labute approximate surface area is 83.8 Å². The van der Waals surface area contributed by atoms with E-state index >= 15 is 0 Å². The summed E-state index contributed by atoms with van der Waals surface area (Å²) in [6.45, 7) is 3.95. The number of thiol groups is 1. The van der Waals surface area contributed by atoms with Crippen LogP contribution in [-0.2, 0) is 4.79 Å². The molecule has 1 aromatic carbocycles. The lowest BCUT2D eigenvalue weighted by Gasteiger charge is -2.09. The second-order valence-electron chi connectivity index (χ2n) is 2.97. The number of hydrogen-bond donors (Lipinski definition) is 2. The van der Waals surface area contributed by atoms with Crippen molar-refractivity contribution in [1.29, 1.82) is 0 Å². The molecular formula is C10H13NOS. The Balaban J connectivity index is 2.93. The van der Waals surface area contributed by atoms with Gasteiger partial charge in [-0.05, 0) is 25.0 Å². The summed E-state index contributed by atoms with van der Waals surface area (Å²) in [6.07, 6.45) is 0. The molecule has 3 heteroatoms. The SMILES string of the molecule is Cc1cccc(C)c1NC(=O)CS. The Bertz CT molecular complexity index is 302. The molecule has 0 aliphatic rings. The summed E-state index contributed by atoms with van der Waals surface area (Å²) in [5, 5.41) is 2.81. The molecule has 70 valence electrons. The van der Waals surface area contributed by atoms with Gasteiger partial charge in [0, 0.05) is 5.69 Å². The molecule has 0 spiro atoms. The molecule has 1 N–H and O–H groups in total. The molecule has 13 heavy (non-hydrogen) atoms. The van der Waals surface area contributed by atoms with Crippen LogP contribution in [0.2, 0.25) is 0 Å². The van der Waals surface area contributed by atoms with Crippen molar-refractivity contribution in [2.75, 3.05) is 11.1 Å². The third-order valence-electron chi connectivity index (χ3n) is 1.89. The topological polar surface area (TPSA) is 29.1 Å². The van der Waals surface area contributed by atoms with Crippen molar-refractivity contribution in [3.63, 3.8) is 0 Å². The highest BCUT2D eigenvalue weighted by Gasteiger charge is 2.04. The van der Waals surface area contributed by atoms with Gasteiger partial charge in [0.15, 0.2) is 0 Å². The minimum atomic E-state index is -0.0688. The van der Waals surface area contributed by atoms with Crippen LogP contribution in [0.1, 0.15) is 11.1 Å². The predicted octanol–water partition coefficient (Wildman–Crippen LogP) is 2.17. The van der Waals surface area contributed by atoms with Crippen LogP contribution in [0, 0.1) is 13.8 Å². The lowest BCUT2D eigenvalue weighted by molar-refractivity contribution is -0.113. The summed E-state index contributed by atoms with van der Waals surface area (Å²) in [5.41, 5.74) is 3.06. The van der Waals surface area contributed by atoms with E-state index in [2.05, 4.69) is 17.9 Å². The number of hydrogen-bond acceptors (Lipinski definition) is 2. The lowest BCUT2D eigenvalue weighted by atomic mass is 10.1. The molecule has 1 amide bonds. The highest BCUT2D eigenvalue weighted by atomic mass is 32.1. The highest BCUT2D eigenvalue weighted by Crippen LogP contribution is 2.19. The third-order valence-corrected chi connectivity index (χ3v) is 2.18. The van der Waals surface area contributed by atoms with Gasteiger partial charge in [0.1, 0.15) is 0 Å². The monoisotopic (exact) mass is 195 g/mol. The van der Waals surface area contributed by atoms with Crippen molar-refractivity contribution in [3.8, 4) is 0 Å². The summed E-state index contributed by atoms with van der Waals surface area (Å²) < 4.78 is 0. The Morgan fingerprint density at radius 2 is 1.92 bits per heavy atom. The quantitative estimate of drug-likeness (QED) is 0.696. The van der Waals surface area contributed by atoms with Crippen LogP contribution < -0.4 is 5.32 Å². The number of carbonyl (C=O) groups is 1. The maximum absolute atomic E-state index is 11.1. The van der Waals surface area contributed by atoms with E-state index < -0.39 is 0 Å². The van der Waals surface area contributed by atoms with Gasteiger partial charge in [-0.25, -0.2) is 0 Å². The van der Waals surface area contributed by atoms with Crippen LogP contribution in [0.5, 0.6) is 0 Å². The minimum absolute atomic E-state index is 0.0688. The molecule has 0 aliphatic heterocycles. The average molecular weight is 195 g/mol. The van der Waals surface area contributed by atoms with E-state index in [9.17, 15) is 4.79 Å². The molecule has 0 bridgehead atoms. The van der Waals surface area contributed by atoms with Crippen LogP contribution >= 0.6 is 12.6 Å². The lowest BCUT2D eigenvalue weighted by Crippen LogP contribution is -2.14. The van der Waals surface area contributed by atoms with Crippen LogP contribution in [0.15, 0.2) is 18.2 Å². The first kappa shape index (κ1) is 10.1. The molecule has 1 rings (SSSR count). The number of anilines is 1. The maximum atomic E-state index is 11.1. The fourth-order valence-electron chi connectivity index (χ4n) is 1.19. The number of rotatable bonds is 2. The molecule has 0 unspecified atom stereocenters.